The summed E-state index contributed by atoms with van der Waals surface area (Å²) in [5, 5.41) is 5.21. The van der Waals surface area contributed by atoms with E-state index < -0.39 is 0 Å². The van der Waals surface area contributed by atoms with Crippen molar-refractivity contribution in [3.63, 3.8) is 0 Å². The van der Waals surface area contributed by atoms with Gasteiger partial charge in [-0.2, -0.15) is 0 Å². The van der Waals surface area contributed by atoms with Crippen LogP contribution in [0.15, 0.2) is 36.4 Å². The second-order valence-electron chi connectivity index (χ2n) is 5.22. The molecule has 0 unspecified atom stereocenters. The van der Waals surface area contributed by atoms with Crippen molar-refractivity contribution in [3.8, 4) is 11.5 Å². The van der Waals surface area contributed by atoms with Crippen LogP contribution in [-0.2, 0) is 16.0 Å². The topological polar surface area (TPSA) is 89.5 Å². The van der Waals surface area contributed by atoms with Gasteiger partial charge in [0.25, 0.3) is 11.8 Å². The number of anilines is 2. The predicted molar refractivity (Wildman–Crippen MR) is 88.3 cm³/mol. The molecule has 3 rings (SSSR count). The number of hydrogen-bond donors (Lipinski definition) is 2. The fraction of sp³-hybridized carbons (Fsp3) is 0.235. The Labute approximate surface area is 139 Å². The molecule has 0 aliphatic carbocycles. The summed E-state index contributed by atoms with van der Waals surface area (Å²) in [5.74, 6) is 1.10. The molecule has 0 radical (unpaired) electrons. The van der Waals surface area contributed by atoms with E-state index in [-0.39, 0.29) is 25.0 Å². The Balaban J connectivity index is 1.58. The van der Waals surface area contributed by atoms with Gasteiger partial charge in [-0.05, 0) is 36.2 Å². The lowest BCUT2D eigenvalue weighted by atomic mass is 10.2. The maximum Gasteiger partial charge on any atom is 0.263 e. The fourth-order valence-electron chi connectivity index (χ4n) is 2.22. The van der Waals surface area contributed by atoms with Gasteiger partial charge in [0.1, 0.15) is 11.6 Å². The van der Waals surface area contributed by atoms with Crippen LogP contribution >= 0.6 is 0 Å². The molecule has 7 nitrogen and oxygen atoms in total. The average Bonchev–Trinajstić information content (AvgIpc) is 2.60. The Morgan fingerprint density at radius 1 is 1.38 bits per heavy atom. The average molecular weight is 327 g/mol. The third-order valence-electron chi connectivity index (χ3n) is 3.42. The molecule has 0 spiro atoms. The molecule has 1 aliphatic rings. The molecule has 2 heterocycles. The summed E-state index contributed by atoms with van der Waals surface area (Å²) >= 11 is 0. The molecule has 1 aromatic heterocycles. The van der Waals surface area contributed by atoms with E-state index in [4.69, 9.17) is 9.47 Å². The number of fused-ring (bicyclic) bond motifs is 1. The van der Waals surface area contributed by atoms with Gasteiger partial charge < -0.3 is 20.1 Å². The summed E-state index contributed by atoms with van der Waals surface area (Å²) in [4.78, 5) is 27.4. The lowest BCUT2D eigenvalue weighted by Gasteiger charge is -2.17. The van der Waals surface area contributed by atoms with Crippen LogP contribution in [-0.4, -0.2) is 30.0 Å². The zero-order chi connectivity index (χ0) is 16.9. The molecule has 0 saturated carbocycles. The molecule has 0 saturated heterocycles. The number of benzene rings is 1. The summed E-state index contributed by atoms with van der Waals surface area (Å²) < 4.78 is 10.7. The Kier molecular flexibility index (Phi) is 4.60. The normalized spacial score (nSPS) is 12.6. The van der Waals surface area contributed by atoms with E-state index >= 15 is 0 Å². The Morgan fingerprint density at radius 3 is 3.08 bits per heavy atom. The fourth-order valence-corrected chi connectivity index (χ4v) is 2.22. The van der Waals surface area contributed by atoms with Gasteiger partial charge in [0.05, 0.1) is 0 Å². The van der Waals surface area contributed by atoms with Gasteiger partial charge >= 0.3 is 0 Å². The highest BCUT2D eigenvalue weighted by Crippen LogP contribution is 2.26. The minimum atomic E-state index is -0.340. The molecule has 0 fully saturated rings. The van der Waals surface area contributed by atoms with Crippen LogP contribution in [0.4, 0.5) is 11.6 Å². The van der Waals surface area contributed by atoms with Gasteiger partial charge in [-0.1, -0.05) is 19.1 Å². The van der Waals surface area contributed by atoms with Crippen LogP contribution < -0.4 is 20.1 Å². The van der Waals surface area contributed by atoms with Crippen molar-refractivity contribution in [1.29, 1.82) is 0 Å². The van der Waals surface area contributed by atoms with E-state index in [9.17, 15) is 9.59 Å². The Bertz CT molecular complexity index is 776. The molecule has 24 heavy (non-hydrogen) atoms. The maximum atomic E-state index is 12.0. The first-order chi connectivity index (χ1) is 11.6. The van der Waals surface area contributed by atoms with Crippen molar-refractivity contribution in [2.24, 2.45) is 0 Å². The van der Waals surface area contributed by atoms with Crippen LogP contribution in [0.3, 0.4) is 0 Å². The molecule has 1 aliphatic heterocycles. The third-order valence-corrected chi connectivity index (χ3v) is 3.42. The largest absolute Gasteiger partial charge is 0.484 e. The van der Waals surface area contributed by atoms with Gasteiger partial charge in [0, 0.05) is 0 Å². The first-order valence-corrected chi connectivity index (χ1v) is 7.59. The van der Waals surface area contributed by atoms with E-state index in [1.807, 2.05) is 18.2 Å². The van der Waals surface area contributed by atoms with Crippen LogP contribution in [0.1, 0.15) is 12.5 Å². The second kappa shape index (κ2) is 6.99. The van der Waals surface area contributed by atoms with Gasteiger partial charge in [0.15, 0.2) is 24.8 Å². The summed E-state index contributed by atoms with van der Waals surface area (Å²) in [5.41, 5.74) is 1.14. The van der Waals surface area contributed by atoms with Crippen LogP contribution in [0, 0.1) is 0 Å². The van der Waals surface area contributed by atoms with E-state index in [0.29, 0.717) is 23.1 Å². The Hall–Kier alpha value is -3.09. The number of nitrogens with zero attached hydrogens (tertiary/aromatic N) is 1. The SMILES string of the molecule is CCc1cccc(OCC(=O)Nc2ccc3c(n2)NC(=O)CO3)c1. The van der Waals surface area contributed by atoms with Crippen molar-refractivity contribution < 1.29 is 19.1 Å². The zero-order valence-electron chi connectivity index (χ0n) is 13.2. The Morgan fingerprint density at radius 2 is 2.25 bits per heavy atom. The summed E-state index contributed by atoms with van der Waals surface area (Å²) in [6, 6.07) is 10.8. The van der Waals surface area contributed by atoms with Crippen LogP contribution in [0.25, 0.3) is 0 Å². The minimum absolute atomic E-state index is 0.0367. The number of carbonyl (C=O) groups excluding carboxylic acids is 2. The zero-order valence-corrected chi connectivity index (χ0v) is 13.2. The number of aryl methyl sites for hydroxylation is 1. The lowest BCUT2D eigenvalue weighted by Crippen LogP contribution is -2.27. The third kappa shape index (κ3) is 3.81. The minimum Gasteiger partial charge on any atom is -0.484 e. The van der Waals surface area contributed by atoms with Gasteiger partial charge in [0.2, 0.25) is 0 Å². The molecule has 0 atom stereocenters. The molecule has 2 aromatic rings. The number of amides is 2. The molecule has 1 aromatic carbocycles. The summed E-state index contributed by atoms with van der Waals surface area (Å²) in [7, 11) is 0. The number of nitrogens with one attached hydrogen (secondary N) is 2. The number of rotatable bonds is 5. The van der Waals surface area contributed by atoms with E-state index in [0.717, 1.165) is 12.0 Å². The van der Waals surface area contributed by atoms with Gasteiger partial charge in [-0.3, -0.25) is 9.59 Å². The maximum absolute atomic E-state index is 12.0. The molecule has 2 N–H and O–H groups in total. The van der Waals surface area contributed by atoms with Crippen molar-refractivity contribution in [2.75, 3.05) is 23.8 Å². The lowest BCUT2D eigenvalue weighted by molar-refractivity contribution is -0.119. The van der Waals surface area contributed by atoms with E-state index in [1.54, 1.807) is 18.2 Å². The highest BCUT2D eigenvalue weighted by Gasteiger charge is 2.18. The standard InChI is InChI=1S/C17H17N3O4/c1-2-11-4-3-5-12(8-11)23-9-15(21)18-14-7-6-13-17(19-14)20-16(22)10-24-13/h3-8H,2,9-10H2,1H3,(H2,18,19,20,21,22). The van der Waals surface area contributed by atoms with Crippen LogP contribution in [0.5, 0.6) is 11.5 Å². The van der Waals surface area contributed by atoms with Crippen LogP contribution in [0.2, 0.25) is 0 Å². The van der Waals surface area contributed by atoms with Gasteiger partial charge in [-0.25, -0.2) is 4.98 Å². The molecule has 124 valence electrons. The van der Waals surface area contributed by atoms with E-state index in [1.165, 1.54) is 0 Å². The molecular weight excluding hydrogens is 310 g/mol. The highest BCUT2D eigenvalue weighted by molar-refractivity contribution is 5.95. The number of hydrogen-bond acceptors (Lipinski definition) is 5. The van der Waals surface area contributed by atoms with Crippen molar-refractivity contribution in [3.05, 3.63) is 42.0 Å². The first kappa shape index (κ1) is 15.8. The molecule has 7 heteroatoms. The number of carbonyl (C=O) groups is 2. The first-order valence-electron chi connectivity index (χ1n) is 7.59. The number of pyridine rings is 1. The van der Waals surface area contributed by atoms with Gasteiger partial charge in [-0.15, -0.1) is 0 Å². The monoisotopic (exact) mass is 327 g/mol. The number of aromatic nitrogens is 1. The summed E-state index contributed by atoms with van der Waals surface area (Å²) in [6.07, 6.45) is 0.899. The van der Waals surface area contributed by atoms with Crippen molar-refractivity contribution >= 4 is 23.5 Å². The quantitative estimate of drug-likeness (QED) is 0.876. The van der Waals surface area contributed by atoms with Crippen molar-refractivity contribution in [2.45, 2.75) is 13.3 Å². The molecule has 2 amide bonds. The highest BCUT2D eigenvalue weighted by atomic mass is 16.5. The molecular formula is C17H17N3O4. The summed E-state index contributed by atoms with van der Waals surface area (Å²) in [6.45, 7) is 1.88. The smallest absolute Gasteiger partial charge is 0.263 e. The second-order valence-corrected chi connectivity index (χ2v) is 5.22. The number of ether oxygens (including phenoxy) is 2. The predicted octanol–water partition coefficient (Wildman–Crippen LogP) is 1.99. The molecule has 0 bridgehead atoms. The van der Waals surface area contributed by atoms with E-state index in [2.05, 4.69) is 22.5 Å². The van der Waals surface area contributed by atoms with Crippen molar-refractivity contribution in [1.82, 2.24) is 4.98 Å².